The predicted molar refractivity (Wildman–Crippen MR) is 169 cm³/mol. The normalized spacial score (nSPS) is 12.0. The molecule has 0 fully saturated rings. The fourth-order valence-electron chi connectivity index (χ4n) is 3.55. The average molecular weight is 580 g/mol. The van der Waals surface area contributed by atoms with E-state index in [0.717, 1.165) is 11.3 Å². The molecule has 0 aliphatic heterocycles. The number of halogens is 1. The van der Waals surface area contributed by atoms with Crippen molar-refractivity contribution < 1.29 is 23.5 Å². The van der Waals surface area contributed by atoms with Crippen LogP contribution in [0.5, 0.6) is 5.75 Å². The smallest absolute Gasteiger partial charge is 0.409 e. The molecule has 1 heterocycles. The number of hydrogen-bond acceptors (Lipinski definition) is 6. The number of nitrogens with one attached hydrogen (secondary N) is 4. The Morgan fingerprint density at radius 2 is 1.86 bits per heavy atom. The van der Waals surface area contributed by atoms with Crippen LogP contribution in [0.25, 0.3) is 12.2 Å². The Morgan fingerprint density at radius 3 is 2.43 bits per heavy atom. The lowest BCUT2D eigenvalue weighted by molar-refractivity contribution is 0.0523. The van der Waals surface area contributed by atoms with Gasteiger partial charge in [0.2, 0.25) is 0 Å². The van der Waals surface area contributed by atoms with Crippen LogP contribution in [-0.4, -0.2) is 63.0 Å². The number of hydrogen-bond donors (Lipinski definition) is 4. The van der Waals surface area contributed by atoms with Gasteiger partial charge in [-0.3, -0.25) is 9.18 Å². The Bertz CT molecular complexity index is 1300. The van der Waals surface area contributed by atoms with Crippen LogP contribution >= 0.6 is 0 Å². The summed E-state index contributed by atoms with van der Waals surface area (Å²) in [7, 11) is 8.92. The summed E-state index contributed by atoms with van der Waals surface area (Å²) in [5.74, 6) is 6.13. The third kappa shape index (κ3) is 12.0. The largest absolute Gasteiger partial charge is 0.495 e. The molecule has 0 saturated heterocycles. The molecule has 11 heteroatoms. The van der Waals surface area contributed by atoms with Gasteiger partial charge >= 0.3 is 6.09 Å². The number of methoxy groups -OCH3 is 1. The quantitative estimate of drug-likeness (QED) is 0.172. The fourth-order valence-corrected chi connectivity index (χ4v) is 3.55. The fraction of sp³-hybridized carbons (Fsp3) is 0.419. The van der Waals surface area contributed by atoms with Gasteiger partial charge in [-0.2, -0.15) is 0 Å². The summed E-state index contributed by atoms with van der Waals surface area (Å²) in [5, 5.41) is 11.2. The van der Waals surface area contributed by atoms with Crippen molar-refractivity contribution in [2.75, 3.05) is 32.7 Å². The maximum absolute atomic E-state index is 14.4. The van der Waals surface area contributed by atoms with Gasteiger partial charge in [-0.25, -0.2) is 4.79 Å². The van der Waals surface area contributed by atoms with Gasteiger partial charge in [-0.1, -0.05) is 32.4 Å². The second kappa shape index (κ2) is 16.8. The highest BCUT2D eigenvalue weighted by Gasteiger charge is 2.20. The summed E-state index contributed by atoms with van der Waals surface area (Å²) >= 11 is 0. The summed E-state index contributed by atoms with van der Waals surface area (Å²) in [5.41, 5.74) is 0.492. The molecule has 2 rings (SSSR count). The van der Waals surface area contributed by atoms with Gasteiger partial charge in [0.05, 0.1) is 43.0 Å². The first kappa shape index (κ1) is 35.7. The molecular formula is C31H43BFN5O4. The van der Waals surface area contributed by atoms with Crippen molar-refractivity contribution >= 4 is 37.7 Å². The van der Waals surface area contributed by atoms with Crippen molar-refractivity contribution in [3.63, 3.8) is 0 Å². The molecule has 2 amide bonds. The molecule has 1 unspecified atom stereocenters. The minimum atomic E-state index is -1.94. The van der Waals surface area contributed by atoms with Crippen molar-refractivity contribution in [2.45, 2.75) is 59.3 Å². The zero-order valence-corrected chi connectivity index (χ0v) is 25.9. The first-order chi connectivity index (χ1) is 19.8. The topological polar surface area (TPSA) is 106 Å². The molecule has 0 bridgehead atoms. The monoisotopic (exact) mass is 579 g/mol. The van der Waals surface area contributed by atoms with E-state index in [9.17, 15) is 14.0 Å². The molecule has 1 aromatic carbocycles. The van der Waals surface area contributed by atoms with Crippen molar-refractivity contribution in [3.8, 4) is 17.6 Å². The lowest BCUT2D eigenvalue weighted by atomic mass is 9.85. The zero-order valence-electron chi connectivity index (χ0n) is 25.9. The standard InChI is InChI=1S/C29H37BFN5O4.C2H6/c1-8-20-16-22(36(18-29(5,30)31)24(20)13-15-32-6)10-9-14-33-23-12-11-21(17-25(23)39-7)26(37)34-19-35-27(38)40-28(2,3)4;1-2/h8,11-13,15-17,32-33H,1,14,18-19H2,2-7H3,(H,34,37)(H,35,38);1-2H3/b15-13-;. The maximum Gasteiger partial charge on any atom is 0.409 e. The molecular weight excluding hydrogens is 536 g/mol. The Kier molecular flexibility index (Phi) is 14.3. The van der Waals surface area contributed by atoms with Crippen molar-refractivity contribution in [1.82, 2.24) is 20.5 Å². The van der Waals surface area contributed by atoms with E-state index < -0.39 is 23.2 Å². The number of carbonyl (C=O) groups excluding carboxylic acids is 2. The number of carbonyl (C=O) groups is 2. The summed E-state index contributed by atoms with van der Waals surface area (Å²) in [4.78, 5) is 24.2. The van der Waals surface area contributed by atoms with Crippen molar-refractivity contribution in [1.29, 1.82) is 0 Å². The van der Waals surface area contributed by atoms with Crippen molar-refractivity contribution in [2.24, 2.45) is 0 Å². The third-order valence-corrected chi connectivity index (χ3v) is 5.19. The van der Waals surface area contributed by atoms with E-state index >= 15 is 0 Å². The van der Waals surface area contributed by atoms with Crippen LogP contribution < -0.4 is 26.0 Å². The lowest BCUT2D eigenvalue weighted by Gasteiger charge is -2.19. The van der Waals surface area contributed by atoms with Gasteiger partial charge in [-0.05, 0) is 70.2 Å². The SMILES string of the molecule is CC.[B]C(C)(F)Cn1c(C#CCNc2ccc(C(=O)NCNC(=O)OC(C)(C)C)cc2OC)cc(C=C)c1/C=C\NC. The number of anilines is 1. The maximum atomic E-state index is 14.4. The second-order valence-corrected chi connectivity index (χ2v) is 9.99. The van der Waals surface area contributed by atoms with Crippen molar-refractivity contribution in [3.05, 3.63) is 59.6 Å². The van der Waals surface area contributed by atoms with Gasteiger partial charge in [-0.15, -0.1) is 0 Å². The number of aromatic nitrogens is 1. The van der Waals surface area contributed by atoms with Crippen LogP contribution in [0.4, 0.5) is 14.9 Å². The van der Waals surface area contributed by atoms with E-state index in [4.69, 9.17) is 17.3 Å². The highest BCUT2D eigenvalue weighted by atomic mass is 19.1. The van der Waals surface area contributed by atoms with Gasteiger partial charge in [0.15, 0.2) is 0 Å². The summed E-state index contributed by atoms with van der Waals surface area (Å²) < 4.78 is 26.7. The van der Waals surface area contributed by atoms with Crippen LogP contribution in [0, 0.1) is 11.8 Å². The van der Waals surface area contributed by atoms with E-state index in [1.807, 2.05) is 26.0 Å². The van der Waals surface area contributed by atoms with Gasteiger partial charge in [0, 0.05) is 24.7 Å². The minimum Gasteiger partial charge on any atom is -0.495 e. The van der Waals surface area contributed by atoms with Crippen LogP contribution in [0.1, 0.15) is 68.9 Å². The molecule has 1 atom stereocenters. The highest BCUT2D eigenvalue weighted by molar-refractivity contribution is 6.14. The molecule has 0 aliphatic rings. The number of alkyl halides is 1. The van der Waals surface area contributed by atoms with Crippen LogP contribution in [0.3, 0.4) is 0 Å². The zero-order chi connectivity index (χ0) is 31.9. The van der Waals surface area contributed by atoms with E-state index in [1.54, 1.807) is 62.9 Å². The molecule has 9 nitrogen and oxygen atoms in total. The molecule has 1 aromatic heterocycles. The average Bonchev–Trinajstić information content (AvgIpc) is 3.24. The summed E-state index contributed by atoms with van der Waals surface area (Å²) in [6.07, 6.45) is 4.59. The molecule has 0 spiro atoms. The Hall–Kier alpha value is -4.33. The Morgan fingerprint density at radius 1 is 1.17 bits per heavy atom. The summed E-state index contributed by atoms with van der Waals surface area (Å²) in [6, 6.07) is 6.71. The Balaban J connectivity index is 0.00000431. The van der Waals surface area contributed by atoms with E-state index in [0.29, 0.717) is 22.7 Å². The number of alkyl carbamates (subject to hydrolysis) is 1. The van der Waals surface area contributed by atoms with Crippen LogP contribution in [-0.2, 0) is 11.3 Å². The number of rotatable bonds is 11. The number of amides is 2. The second-order valence-electron chi connectivity index (χ2n) is 9.99. The molecule has 226 valence electrons. The van der Waals surface area contributed by atoms with E-state index in [1.165, 1.54) is 14.0 Å². The Labute approximate surface area is 250 Å². The molecule has 42 heavy (non-hydrogen) atoms. The van der Waals surface area contributed by atoms with E-state index in [-0.39, 0.29) is 19.8 Å². The van der Waals surface area contributed by atoms with Gasteiger partial charge in [0.1, 0.15) is 19.2 Å². The molecule has 2 radical (unpaired) electrons. The summed E-state index contributed by atoms with van der Waals surface area (Å²) in [6.45, 7) is 14.4. The highest BCUT2D eigenvalue weighted by Crippen LogP contribution is 2.26. The minimum absolute atomic E-state index is 0.0910. The first-order valence-electron chi connectivity index (χ1n) is 13.6. The molecule has 0 saturated carbocycles. The van der Waals surface area contributed by atoms with Gasteiger partial charge in [0.25, 0.3) is 5.91 Å². The molecule has 4 N–H and O–H groups in total. The van der Waals surface area contributed by atoms with Crippen LogP contribution in [0.2, 0.25) is 0 Å². The van der Waals surface area contributed by atoms with Gasteiger partial charge < -0.3 is 35.3 Å². The number of benzene rings is 1. The number of nitrogens with zero attached hydrogens (tertiary/aromatic N) is 1. The van der Waals surface area contributed by atoms with E-state index in [2.05, 4.69) is 39.7 Å². The lowest BCUT2D eigenvalue weighted by Crippen LogP contribution is -2.40. The van der Waals surface area contributed by atoms with Crippen LogP contribution in [0.15, 0.2) is 37.0 Å². The predicted octanol–water partition coefficient (Wildman–Crippen LogP) is 4.89. The molecule has 0 aliphatic carbocycles. The number of ether oxygens (including phenoxy) is 2. The third-order valence-electron chi connectivity index (χ3n) is 5.19. The molecule has 2 aromatic rings. The first-order valence-corrected chi connectivity index (χ1v) is 13.6.